The smallest absolute Gasteiger partial charge is 0.142 e. The molecule has 3 rings (SSSR count). The van der Waals surface area contributed by atoms with Crippen LogP contribution in [-0.4, -0.2) is 34.1 Å². The summed E-state index contributed by atoms with van der Waals surface area (Å²) in [6, 6.07) is 5.50. The Morgan fingerprint density at radius 3 is 3.10 bits per heavy atom. The highest BCUT2D eigenvalue weighted by atomic mass is 35.5. The van der Waals surface area contributed by atoms with E-state index in [-0.39, 0.29) is 22.9 Å². The normalized spacial score (nSPS) is 22.8. The van der Waals surface area contributed by atoms with Crippen LogP contribution >= 0.6 is 23.1 Å². The second-order valence-electron chi connectivity index (χ2n) is 5.26. The number of rotatable bonds is 4. The van der Waals surface area contributed by atoms with Crippen molar-refractivity contribution in [3.63, 3.8) is 0 Å². The molecule has 1 aromatic carbocycles. The van der Waals surface area contributed by atoms with Gasteiger partial charge < -0.3 is 5.32 Å². The van der Waals surface area contributed by atoms with E-state index in [0.717, 1.165) is 30.0 Å². The van der Waals surface area contributed by atoms with Crippen molar-refractivity contribution in [2.24, 2.45) is 0 Å². The van der Waals surface area contributed by atoms with E-state index < -0.39 is 0 Å². The van der Waals surface area contributed by atoms with E-state index in [4.69, 9.17) is 11.6 Å². The van der Waals surface area contributed by atoms with Crippen molar-refractivity contribution in [1.29, 1.82) is 0 Å². The summed E-state index contributed by atoms with van der Waals surface area (Å²) in [4.78, 5) is 3.34. The summed E-state index contributed by atoms with van der Waals surface area (Å²) < 4.78 is 17.6. The molecule has 2 aromatic rings. The van der Waals surface area contributed by atoms with Crippen molar-refractivity contribution in [3.05, 3.63) is 45.7 Å². The third-order valence-corrected chi connectivity index (χ3v) is 4.85. The minimum Gasteiger partial charge on any atom is -0.307 e. The van der Waals surface area contributed by atoms with Gasteiger partial charge in [0, 0.05) is 25.2 Å². The van der Waals surface area contributed by atoms with Crippen LogP contribution in [-0.2, 0) is 6.54 Å². The largest absolute Gasteiger partial charge is 0.307 e. The van der Waals surface area contributed by atoms with E-state index in [1.807, 2.05) is 6.07 Å². The highest BCUT2D eigenvalue weighted by Crippen LogP contribution is 2.32. The zero-order valence-electron chi connectivity index (χ0n) is 11.6. The maximum Gasteiger partial charge on any atom is 0.142 e. The SMILES string of the molecule is CN1CC[C@@H](NCc2cnns2)[C@@H]1c1ccc(Cl)c(F)c1. The molecule has 2 atom stereocenters. The summed E-state index contributed by atoms with van der Waals surface area (Å²) in [6.45, 7) is 1.72. The lowest BCUT2D eigenvalue weighted by atomic mass is 10.00. The summed E-state index contributed by atoms with van der Waals surface area (Å²) in [5, 5.41) is 7.53. The lowest BCUT2D eigenvalue weighted by Gasteiger charge is -2.26. The number of nitrogens with one attached hydrogen (secondary N) is 1. The van der Waals surface area contributed by atoms with E-state index in [1.165, 1.54) is 17.6 Å². The standard InChI is InChI=1S/C14H16ClFN4S/c1-20-5-4-13(17-7-10-8-18-19-21-10)14(20)9-2-3-11(15)12(16)6-9/h2-3,6,8,13-14,17H,4-5,7H2,1H3/t13-,14+/m1/s1. The number of hydrogen-bond donors (Lipinski definition) is 1. The molecule has 21 heavy (non-hydrogen) atoms. The molecule has 0 aliphatic carbocycles. The van der Waals surface area contributed by atoms with E-state index in [1.54, 1.807) is 12.3 Å². The molecule has 1 fully saturated rings. The number of likely N-dealkylation sites (tertiary alicyclic amines) is 1. The summed E-state index contributed by atoms with van der Waals surface area (Å²) in [5.74, 6) is -0.361. The maximum atomic E-state index is 13.7. The molecular formula is C14H16ClFN4S. The molecule has 2 heterocycles. The van der Waals surface area contributed by atoms with E-state index in [2.05, 4.69) is 26.9 Å². The van der Waals surface area contributed by atoms with Gasteiger partial charge in [0.1, 0.15) is 5.82 Å². The fourth-order valence-corrected chi connectivity index (χ4v) is 3.40. The Morgan fingerprint density at radius 1 is 1.52 bits per heavy atom. The monoisotopic (exact) mass is 326 g/mol. The number of halogens is 2. The first kappa shape index (κ1) is 14.8. The minimum absolute atomic E-state index is 0.151. The second kappa shape index (κ2) is 6.36. The van der Waals surface area contributed by atoms with Gasteiger partial charge in [0.25, 0.3) is 0 Å². The van der Waals surface area contributed by atoms with Crippen LogP contribution in [0.25, 0.3) is 0 Å². The molecular weight excluding hydrogens is 311 g/mol. The van der Waals surface area contributed by atoms with Gasteiger partial charge in [-0.15, -0.1) is 5.10 Å². The average molecular weight is 327 g/mol. The van der Waals surface area contributed by atoms with Gasteiger partial charge in [-0.1, -0.05) is 22.2 Å². The minimum atomic E-state index is -0.361. The van der Waals surface area contributed by atoms with E-state index >= 15 is 0 Å². The maximum absolute atomic E-state index is 13.7. The first-order chi connectivity index (χ1) is 10.1. The van der Waals surface area contributed by atoms with Crippen LogP contribution in [0.4, 0.5) is 4.39 Å². The molecule has 0 radical (unpaired) electrons. The molecule has 1 aromatic heterocycles. The number of aromatic nitrogens is 2. The summed E-state index contributed by atoms with van der Waals surface area (Å²) >= 11 is 7.17. The van der Waals surface area contributed by atoms with Crippen LogP contribution in [0.15, 0.2) is 24.4 Å². The number of nitrogens with zero attached hydrogens (tertiary/aromatic N) is 3. The molecule has 0 bridgehead atoms. The van der Waals surface area contributed by atoms with Crippen molar-refractivity contribution in [2.45, 2.75) is 25.0 Å². The van der Waals surface area contributed by atoms with Crippen LogP contribution in [0.3, 0.4) is 0 Å². The Hall–Kier alpha value is -1.08. The topological polar surface area (TPSA) is 41.0 Å². The summed E-state index contributed by atoms with van der Waals surface area (Å²) in [5.41, 5.74) is 0.955. The van der Waals surface area contributed by atoms with E-state index in [0.29, 0.717) is 0 Å². The molecule has 4 nitrogen and oxygen atoms in total. The molecule has 112 valence electrons. The van der Waals surface area contributed by atoms with Crippen molar-refractivity contribution in [3.8, 4) is 0 Å². The Labute approximate surface area is 132 Å². The highest BCUT2D eigenvalue weighted by molar-refractivity contribution is 7.05. The van der Waals surface area contributed by atoms with Crippen LogP contribution in [0.1, 0.15) is 22.9 Å². The van der Waals surface area contributed by atoms with Crippen molar-refractivity contribution < 1.29 is 4.39 Å². The Morgan fingerprint density at radius 2 is 2.38 bits per heavy atom. The molecule has 1 aliphatic rings. The van der Waals surface area contributed by atoms with Gasteiger partial charge in [-0.05, 0) is 42.7 Å². The lowest BCUT2D eigenvalue weighted by molar-refractivity contribution is 0.285. The Kier molecular flexibility index (Phi) is 4.49. The van der Waals surface area contributed by atoms with Crippen LogP contribution in [0.2, 0.25) is 5.02 Å². The second-order valence-corrected chi connectivity index (χ2v) is 6.54. The number of hydrogen-bond acceptors (Lipinski definition) is 5. The molecule has 0 unspecified atom stereocenters. The predicted molar refractivity (Wildman–Crippen MR) is 81.9 cm³/mol. The number of likely N-dealkylation sites (N-methyl/N-ethyl adjacent to an activating group) is 1. The fourth-order valence-electron chi connectivity index (χ4n) is 2.84. The summed E-state index contributed by atoms with van der Waals surface area (Å²) in [7, 11) is 2.06. The molecule has 1 aliphatic heterocycles. The highest BCUT2D eigenvalue weighted by Gasteiger charge is 2.33. The molecule has 0 saturated carbocycles. The third kappa shape index (κ3) is 3.23. The van der Waals surface area contributed by atoms with Gasteiger partial charge >= 0.3 is 0 Å². The molecule has 7 heteroatoms. The van der Waals surface area contributed by atoms with Gasteiger partial charge in [-0.3, -0.25) is 4.90 Å². The Balaban J connectivity index is 1.75. The predicted octanol–water partition coefficient (Wildman–Crippen LogP) is 2.87. The zero-order valence-corrected chi connectivity index (χ0v) is 13.2. The Bertz CT molecular complexity index is 607. The van der Waals surface area contributed by atoms with Crippen molar-refractivity contribution in [1.82, 2.24) is 19.8 Å². The molecule has 1 N–H and O–H groups in total. The van der Waals surface area contributed by atoms with Crippen LogP contribution < -0.4 is 5.32 Å². The third-order valence-electron chi connectivity index (χ3n) is 3.88. The quantitative estimate of drug-likeness (QED) is 0.938. The van der Waals surface area contributed by atoms with Gasteiger partial charge in [0.2, 0.25) is 0 Å². The lowest BCUT2D eigenvalue weighted by Crippen LogP contribution is -2.34. The van der Waals surface area contributed by atoms with Gasteiger partial charge in [-0.2, -0.15) is 0 Å². The fraction of sp³-hybridized carbons (Fsp3) is 0.429. The van der Waals surface area contributed by atoms with Crippen LogP contribution in [0, 0.1) is 5.82 Å². The molecule has 0 spiro atoms. The van der Waals surface area contributed by atoms with Crippen molar-refractivity contribution >= 4 is 23.1 Å². The van der Waals surface area contributed by atoms with Gasteiger partial charge in [0.05, 0.1) is 16.1 Å². The van der Waals surface area contributed by atoms with Gasteiger partial charge in [0.15, 0.2) is 0 Å². The molecule has 1 saturated heterocycles. The first-order valence-corrected chi connectivity index (χ1v) is 7.95. The van der Waals surface area contributed by atoms with Gasteiger partial charge in [-0.25, -0.2) is 4.39 Å². The zero-order chi connectivity index (χ0) is 14.8. The number of benzene rings is 1. The first-order valence-electron chi connectivity index (χ1n) is 6.80. The van der Waals surface area contributed by atoms with Crippen molar-refractivity contribution in [2.75, 3.05) is 13.6 Å². The van der Waals surface area contributed by atoms with Crippen LogP contribution in [0.5, 0.6) is 0 Å². The molecule has 0 amide bonds. The summed E-state index contributed by atoms with van der Waals surface area (Å²) in [6.07, 6.45) is 2.80. The average Bonchev–Trinajstić information content (AvgIpc) is 3.09. The van der Waals surface area contributed by atoms with E-state index in [9.17, 15) is 4.39 Å².